The number of fused-ring (bicyclic) bond motifs is 4. The molecule has 0 atom stereocenters. The van der Waals surface area contributed by atoms with Crippen LogP contribution in [0.1, 0.15) is 64.5 Å². The second-order valence-corrected chi connectivity index (χ2v) is 19.2. The first kappa shape index (κ1) is 40.3. The monoisotopic (exact) mass is 971 g/mol. The maximum Gasteiger partial charge on any atom is 0.303 e. The van der Waals surface area contributed by atoms with E-state index in [1.165, 1.54) is 42.3 Å². The molecule has 14 heteroatoms. The first-order valence-corrected chi connectivity index (χ1v) is 21.6. The maximum atomic E-state index is 12.6. The summed E-state index contributed by atoms with van der Waals surface area (Å²) in [6.45, 7) is 8.75. The van der Waals surface area contributed by atoms with Gasteiger partial charge in [0.05, 0.1) is 15.9 Å². The lowest BCUT2D eigenvalue weighted by atomic mass is 9.81. The van der Waals surface area contributed by atoms with Gasteiger partial charge in [-0.25, -0.2) is 0 Å². The molecule has 0 aliphatic carbocycles. The van der Waals surface area contributed by atoms with Crippen LogP contribution in [0.4, 0.5) is 11.4 Å². The van der Waals surface area contributed by atoms with Crippen molar-refractivity contribution in [3.63, 3.8) is 0 Å². The Hall–Kier alpha value is -2.90. The van der Waals surface area contributed by atoms with E-state index in [9.17, 15) is 30.7 Å². The summed E-state index contributed by atoms with van der Waals surface area (Å²) in [5.74, 6) is -0.882. The fraction of sp³-hybridized carbons (Fsp3) is 0.316. The van der Waals surface area contributed by atoms with Gasteiger partial charge in [-0.3, -0.25) is 13.9 Å². The van der Waals surface area contributed by atoms with E-state index in [4.69, 9.17) is 5.11 Å². The minimum absolute atomic E-state index is 0.0306. The Balaban J connectivity index is 1.51. The fourth-order valence-electron chi connectivity index (χ4n) is 7.38. The molecule has 0 fully saturated rings. The normalized spacial score (nSPS) is 17.8. The molecule has 0 radical (unpaired) electrons. The molecule has 2 aliphatic rings. The molecule has 276 valence electrons. The van der Waals surface area contributed by atoms with Crippen LogP contribution in [0.2, 0.25) is 0 Å². The molecule has 0 bridgehead atoms. The van der Waals surface area contributed by atoms with Gasteiger partial charge in [-0.1, -0.05) is 56.7 Å². The molecule has 3 aromatic rings. The number of aliphatic carboxylic acids is 1. The van der Waals surface area contributed by atoms with E-state index in [1.807, 2.05) is 55.2 Å². The Morgan fingerprint density at radius 2 is 1.50 bits per heavy atom. The lowest BCUT2D eigenvalue weighted by Crippen LogP contribution is -2.27. The van der Waals surface area contributed by atoms with Crippen LogP contribution in [-0.2, 0) is 35.9 Å². The third-order valence-electron chi connectivity index (χ3n) is 9.72. The molecule has 0 spiro atoms. The Morgan fingerprint density at radius 3 is 2.15 bits per heavy atom. The van der Waals surface area contributed by atoms with Crippen LogP contribution in [0.3, 0.4) is 0 Å². The van der Waals surface area contributed by atoms with Crippen molar-refractivity contribution in [3.05, 3.63) is 103 Å². The minimum atomic E-state index is -4.74. The van der Waals surface area contributed by atoms with Crippen molar-refractivity contribution in [1.29, 1.82) is 0 Å². The van der Waals surface area contributed by atoms with Gasteiger partial charge >= 0.3 is 5.97 Å². The molecule has 3 N–H and O–H groups in total. The van der Waals surface area contributed by atoms with Gasteiger partial charge in [-0.15, -0.1) is 0 Å². The number of nitrogens with zero attached hydrogens (tertiary/aromatic N) is 2. The molecule has 10 nitrogen and oxygen atoms in total. The van der Waals surface area contributed by atoms with Gasteiger partial charge in [-0.05, 0) is 113 Å². The fourth-order valence-corrected chi connectivity index (χ4v) is 11.1. The van der Waals surface area contributed by atoms with Crippen molar-refractivity contribution >= 4 is 99.2 Å². The molecule has 0 saturated carbocycles. The van der Waals surface area contributed by atoms with Crippen LogP contribution in [-0.4, -0.2) is 60.9 Å². The molecule has 5 rings (SSSR count). The molecule has 0 aromatic heterocycles. The highest BCUT2D eigenvalue weighted by Crippen LogP contribution is 2.52. The first-order valence-electron chi connectivity index (χ1n) is 16.6. The number of halogens is 2. The van der Waals surface area contributed by atoms with E-state index in [1.54, 1.807) is 0 Å². The van der Waals surface area contributed by atoms with Gasteiger partial charge in [0.15, 0.2) is 5.71 Å². The number of carboxylic acids is 1. The number of allylic oxidation sites excluding steroid dienone is 8. The summed E-state index contributed by atoms with van der Waals surface area (Å²) in [7, 11) is -7.28. The number of rotatable bonds is 12. The van der Waals surface area contributed by atoms with Gasteiger partial charge in [0.25, 0.3) is 20.2 Å². The lowest BCUT2D eigenvalue weighted by molar-refractivity contribution is -0.401. The van der Waals surface area contributed by atoms with Crippen LogP contribution < -0.4 is 4.90 Å². The van der Waals surface area contributed by atoms with Gasteiger partial charge in [0.2, 0.25) is 5.69 Å². The van der Waals surface area contributed by atoms with E-state index in [2.05, 4.69) is 88.9 Å². The number of unbranched alkanes of at least 4 members (excludes halogenated alkanes) is 2. The quantitative estimate of drug-likeness (QED) is 0.0533. The van der Waals surface area contributed by atoms with Crippen molar-refractivity contribution in [1.82, 2.24) is 0 Å². The number of benzene rings is 3. The average molecular weight is 972 g/mol. The van der Waals surface area contributed by atoms with Crippen LogP contribution in [0.15, 0.2) is 94.4 Å². The first-order chi connectivity index (χ1) is 24.2. The minimum Gasteiger partial charge on any atom is -0.481 e. The van der Waals surface area contributed by atoms with Crippen LogP contribution >= 0.6 is 45.2 Å². The van der Waals surface area contributed by atoms with Crippen LogP contribution in [0.25, 0.3) is 10.8 Å². The molecular formula is C38H41I2N2O8S2+. The zero-order valence-corrected chi connectivity index (χ0v) is 35.3. The zero-order chi connectivity index (χ0) is 38.4. The Kier molecular flexibility index (Phi) is 11.7. The standard InChI is InChI=1S/C38H40I2N2O8S2/c1-37(2)32(41(5)29-21-24(39)20-28(40)36(29)37)14-10-7-6-8-11-15-33-38(3,4)35-27-22-25(51(45,46)47)17-18-26(27)31(52(48,49)50)23-30(35)42(33)19-13-9-12-16-34(43)44/h6-8,10-11,14-15,17-18,20-23H,9,12-13,16,19H2,1-5H3,(H2-,43,44,45,46,47,48,49,50)/p+1. The predicted molar refractivity (Wildman–Crippen MR) is 221 cm³/mol. The maximum absolute atomic E-state index is 12.6. The number of hydrogen-bond acceptors (Lipinski definition) is 6. The molecule has 52 heavy (non-hydrogen) atoms. The van der Waals surface area contributed by atoms with Crippen molar-refractivity contribution in [2.45, 2.75) is 74.0 Å². The third-order valence-corrected chi connectivity index (χ3v) is 12.9. The number of carbonyl (C=O) groups is 1. The molecule has 0 amide bonds. The smallest absolute Gasteiger partial charge is 0.303 e. The summed E-state index contributed by atoms with van der Waals surface area (Å²) in [6.07, 6.45) is 15.3. The van der Waals surface area contributed by atoms with Gasteiger partial charge in [-0.2, -0.15) is 21.4 Å². The van der Waals surface area contributed by atoms with E-state index in [-0.39, 0.29) is 27.5 Å². The van der Waals surface area contributed by atoms with Crippen LogP contribution in [0.5, 0.6) is 0 Å². The Bertz CT molecular complexity index is 2360. The molecule has 2 aliphatic heterocycles. The summed E-state index contributed by atoms with van der Waals surface area (Å²) < 4.78 is 74.3. The lowest BCUT2D eigenvalue weighted by Gasteiger charge is -2.27. The topological polar surface area (TPSA) is 152 Å². The number of anilines is 1. The molecule has 3 aromatic carbocycles. The highest BCUT2D eigenvalue weighted by molar-refractivity contribution is 14.1. The van der Waals surface area contributed by atoms with E-state index in [0.717, 1.165) is 11.8 Å². The van der Waals surface area contributed by atoms with Crippen molar-refractivity contribution in [3.8, 4) is 0 Å². The van der Waals surface area contributed by atoms with E-state index >= 15 is 0 Å². The van der Waals surface area contributed by atoms with Crippen molar-refractivity contribution in [2.75, 3.05) is 18.5 Å². The van der Waals surface area contributed by atoms with E-state index < -0.39 is 36.5 Å². The molecule has 0 saturated heterocycles. The molecular weight excluding hydrogens is 930 g/mol. The van der Waals surface area contributed by atoms with Gasteiger partial charge in [0, 0.05) is 54.4 Å². The van der Waals surface area contributed by atoms with E-state index in [0.29, 0.717) is 37.1 Å². The highest BCUT2D eigenvalue weighted by atomic mass is 127. The summed E-state index contributed by atoms with van der Waals surface area (Å²) in [4.78, 5) is 12.2. The molecule has 2 heterocycles. The SMILES string of the molecule is C[N+]1=C(/C=C/C=C/C=C/C=C2\N(CCCCCC(=O)O)c3cc(S(=O)(=O)O)c4ccc(S(=O)(=O)O)cc4c3C2(C)C)C(C)(C)c2c(I)cc(I)cc21. The zero-order valence-electron chi connectivity index (χ0n) is 29.4. The predicted octanol–water partition coefficient (Wildman–Crippen LogP) is 8.54. The number of hydrogen-bond donors (Lipinski definition) is 3. The number of carboxylic acid groups (broad SMARTS) is 1. The van der Waals surface area contributed by atoms with Crippen molar-refractivity contribution in [2.24, 2.45) is 0 Å². The Labute approximate surface area is 332 Å². The van der Waals surface area contributed by atoms with Crippen LogP contribution in [0, 0.1) is 7.14 Å². The Morgan fingerprint density at radius 1 is 0.827 bits per heavy atom. The van der Waals surface area contributed by atoms with Crippen molar-refractivity contribution < 1.29 is 40.4 Å². The summed E-state index contributed by atoms with van der Waals surface area (Å²) in [5.41, 5.74) is 4.64. The average Bonchev–Trinajstić information content (AvgIpc) is 3.36. The summed E-state index contributed by atoms with van der Waals surface area (Å²) in [5, 5.41) is 9.48. The molecule has 0 unspecified atom stereocenters. The largest absolute Gasteiger partial charge is 0.481 e. The highest BCUT2D eigenvalue weighted by Gasteiger charge is 2.45. The summed E-state index contributed by atoms with van der Waals surface area (Å²) >= 11 is 4.76. The van der Waals surface area contributed by atoms with Gasteiger partial charge in [0.1, 0.15) is 11.9 Å². The second kappa shape index (κ2) is 15.1. The second-order valence-electron chi connectivity index (χ2n) is 13.9. The summed E-state index contributed by atoms with van der Waals surface area (Å²) in [6, 6.07) is 9.41. The van der Waals surface area contributed by atoms with Gasteiger partial charge < -0.3 is 10.0 Å². The third kappa shape index (κ3) is 7.97.